The molecular formula is C22H24N4O2S. The van der Waals surface area contributed by atoms with Gasteiger partial charge in [-0.2, -0.15) is 5.10 Å². The molecule has 0 spiro atoms. The molecule has 1 atom stereocenters. The Balaban J connectivity index is 1.18. The number of amides is 1. The maximum atomic E-state index is 12.8. The Morgan fingerprint density at radius 1 is 1.21 bits per heavy atom. The van der Waals surface area contributed by atoms with Crippen LogP contribution in [-0.2, 0) is 16.0 Å². The maximum Gasteiger partial charge on any atom is 0.253 e. The zero-order chi connectivity index (χ0) is 19.6. The Hall–Kier alpha value is -2.64. The lowest BCUT2D eigenvalue weighted by molar-refractivity contribution is -0.135. The van der Waals surface area contributed by atoms with Crippen LogP contribution in [-0.4, -0.2) is 41.8 Å². The molecule has 0 radical (unpaired) electrons. The van der Waals surface area contributed by atoms with E-state index in [0.29, 0.717) is 6.61 Å². The molecule has 0 aliphatic carbocycles. The summed E-state index contributed by atoms with van der Waals surface area (Å²) in [6.45, 7) is 2.35. The van der Waals surface area contributed by atoms with Gasteiger partial charge in [-0.15, -0.1) is 11.3 Å². The monoisotopic (exact) mass is 408 g/mol. The zero-order valence-corrected chi connectivity index (χ0v) is 17.0. The summed E-state index contributed by atoms with van der Waals surface area (Å²) in [5.41, 5.74) is 3.28. The number of thiophene rings is 1. The van der Waals surface area contributed by atoms with Crippen molar-refractivity contribution in [1.82, 2.24) is 15.5 Å². The second kappa shape index (κ2) is 8.00. The second-order valence-electron chi connectivity index (χ2n) is 7.59. The Morgan fingerprint density at radius 2 is 2.07 bits per heavy atom. The number of carbonyl (C=O) groups is 1. The number of carbonyl (C=O) groups excluding carboxylic acids is 1. The average Bonchev–Trinajstić information content (AvgIpc) is 3.46. The molecule has 3 aromatic rings. The van der Waals surface area contributed by atoms with Crippen molar-refractivity contribution in [3.05, 3.63) is 59.0 Å². The van der Waals surface area contributed by atoms with Crippen LogP contribution in [0.2, 0.25) is 0 Å². The Kier molecular flexibility index (Phi) is 5.08. The number of ether oxygens (including phenoxy) is 1. The summed E-state index contributed by atoms with van der Waals surface area (Å²) in [5.74, 6) is 0.957. The number of rotatable bonds is 4. The highest BCUT2D eigenvalue weighted by Gasteiger charge is 2.30. The van der Waals surface area contributed by atoms with Crippen LogP contribution in [0.15, 0.2) is 47.8 Å². The minimum atomic E-state index is -0.488. The van der Waals surface area contributed by atoms with Crippen LogP contribution >= 0.6 is 11.3 Å². The van der Waals surface area contributed by atoms with E-state index in [0.717, 1.165) is 49.4 Å². The van der Waals surface area contributed by atoms with Crippen LogP contribution in [0.25, 0.3) is 10.6 Å². The standard InChI is InChI=1S/C22H24N4O2S/c27-22(21-17-5-2-1-4-15(17)9-12-28-21)23-16-7-10-26(11-8-16)20-14-18(24-25-20)19-6-3-13-29-19/h1-6,13-14,16,21H,7-12H2,(H,23,27)(H,24,25). The molecular weight excluding hydrogens is 384 g/mol. The predicted molar refractivity (Wildman–Crippen MR) is 114 cm³/mol. The first-order chi connectivity index (χ1) is 14.3. The Bertz CT molecular complexity index is 976. The molecule has 7 heteroatoms. The van der Waals surface area contributed by atoms with Gasteiger partial charge in [-0.05, 0) is 41.8 Å². The first-order valence-corrected chi connectivity index (χ1v) is 11.0. The van der Waals surface area contributed by atoms with Gasteiger partial charge in [-0.25, -0.2) is 0 Å². The van der Waals surface area contributed by atoms with E-state index >= 15 is 0 Å². The van der Waals surface area contributed by atoms with Gasteiger partial charge in [-0.1, -0.05) is 30.3 Å². The third-order valence-corrected chi connectivity index (χ3v) is 6.65. The predicted octanol–water partition coefficient (Wildman–Crippen LogP) is 3.54. The van der Waals surface area contributed by atoms with Gasteiger partial charge in [0.1, 0.15) is 0 Å². The number of nitrogens with one attached hydrogen (secondary N) is 2. The molecule has 29 heavy (non-hydrogen) atoms. The number of anilines is 1. The molecule has 4 heterocycles. The summed E-state index contributed by atoms with van der Waals surface area (Å²) in [5, 5.41) is 12.9. The average molecular weight is 409 g/mol. The van der Waals surface area contributed by atoms with E-state index < -0.39 is 6.10 Å². The quantitative estimate of drug-likeness (QED) is 0.693. The number of benzene rings is 1. The molecule has 2 aliphatic rings. The van der Waals surface area contributed by atoms with E-state index in [9.17, 15) is 4.79 Å². The molecule has 1 fully saturated rings. The fourth-order valence-electron chi connectivity index (χ4n) is 4.17. The van der Waals surface area contributed by atoms with Crippen molar-refractivity contribution in [3.63, 3.8) is 0 Å². The van der Waals surface area contributed by atoms with Crippen molar-refractivity contribution in [3.8, 4) is 10.6 Å². The van der Waals surface area contributed by atoms with Crippen LogP contribution in [0.5, 0.6) is 0 Å². The molecule has 1 amide bonds. The van der Waals surface area contributed by atoms with Crippen LogP contribution in [0.1, 0.15) is 30.1 Å². The second-order valence-corrected chi connectivity index (χ2v) is 8.53. The lowest BCUT2D eigenvalue weighted by Crippen LogP contribution is -2.46. The number of hydrogen-bond donors (Lipinski definition) is 2. The third-order valence-electron chi connectivity index (χ3n) is 5.75. The molecule has 0 bridgehead atoms. The molecule has 2 N–H and O–H groups in total. The molecule has 1 saturated heterocycles. The van der Waals surface area contributed by atoms with Crippen LogP contribution in [0.3, 0.4) is 0 Å². The lowest BCUT2D eigenvalue weighted by atomic mass is 9.96. The zero-order valence-electron chi connectivity index (χ0n) is 16.1. The van der Waals surface area contributed by atoms with Gasteiger partial charge in [0.05, 0.1) is 17.2 Å². The summed E-state index contributed by atoms with van der Waals surface area (Å²) in [4.78, 5) is 16.3. The van der Waals surface area contributed by atoms with Gasteiger partial charge in [0.25, 0.3) is 5.91 Å². The number of aromatic nitrogens is 2. The van der Waals surface area contributed by atoms with E-state index in [2.05, 4.69) is 44.0 Å². The van der Waals surface area contributed by atoms with Crippen molar-refractivity contribution in [2.75, 3.05) is 24.6 Å². The summed E-state index contributed by atoms with van der Waals surface area (Å²) >= 11 is 1.70. The van der Waals surface area contributed by atoms with Gasteiger partial charge < -0.3 is 15.0 Å². The van der Waals surface area contributed by atoms with Gasteiger partial charge in [0.2, 0.25) is 0 Å². The topological polar surface area (TPSA) is 70.2 Å². The summed E-state index contributed by atoms with van der Waals surface area (Å²) in [7, 11) is 0. The number of fused-ring (bicyclic) bond motifs is 1. The number of aromatic amines is 1. The van der Waals surface area contributed by atoms with E-state index in [1.165, 1.54) is 10.4 Å². The van der Waals surface area contributed by atoms with E-state index in [1.54, 1.807) is 11.3 Å². The van der Waals surface area contributed by atoms with Gasteiger partial charge in [0.15, 0.2) is 11.9 Å². The number of hydrogen-bond acceptors (Lipinski definition) is 5. The number of nitrogens with zero attached hydrogens (tertiary/aromatic N) is 2. The van der Waals surface area contributed by atoms with Crippen LogP contribution < -0.4 is 10.2 Å². The fraction of sp³-hybridized carbons (Fsp3) is 0.364. The Morgan fingerprint density at radius 3 is 2.90 bits per heavy atom. The molecule has 150 valence electrons. The SMILES string of the molecule is O=C(NC1CCN(c2cc(-c3cccs3)[nH]n2)CC1)C1OCCc2ccccc21. The first-order valence-electron chi connectivity index (χ1n) is 10.1. The highest BCUT2D eigenvalue weighted by atomic mass is 32.1. The van der Waals surface area contributed by atoms with Crippen LogP contribution in [0.4, 0.5) is 5.82 Å². The van der Waals surface area contributed by atoms with Crippen molar-refractivity contribution in [2.24, 2.45) is 0 Å². The maximum absolute atomic E-state index is 12.8. The van der Waals surface area contributed by atoms with Crippen molar-refractivity contribution < 1.29 is 9.53 Å². The minimum Gasteiger partial charge on any atom is -0.363 e. The summed E-state index contributed by atoms with van der Waals surface area (Å²) < 4.78 is 5.80. The highest BCUT2D eigenvalue weighted by molar-refractivity contribution is 7.13. The Labute approximate surface area is 173 Å². The largest absolute Gasteiger partial charge is 0.363 e. The first kappa shape index (κ1) is 18.4. The lowest BCUT2D eigenvalue weighted by Gasteiger charge is -2.33. The number of H-pyrrole nitrogens is 1. The van der Waals surface area contributed by atoms with Crippen LogP contribution in [0, 0.1) is 0 Å². The van der Waals surface area contributed by atoms with E-state index in [1.807, 2.05) is 24.3 Å². The highest BCUT2D eigenvalue weighted by Crippen LogP contribution is 2.29. The number of piperidine rings is 1. The van der Waals surface area contributed by atoms with Crippen molar-refractivity contribution in [2.45, 2.75) is 31.4 Å². The fourth-order valence-corrected chi connectivity index (χ4v) is 4.86. The molecule has 1 unspecified atom stereocenters. The van der Waals surface area contributed by atoms with E-state index in [4.69, 9.17) is 4.74 Å². The molecule has 0 saturated carbocycles. The normalized spacial score (nSPS) is 19.7. The smallest absolute Gasteiger partial charge is 0.253 e. The minimum absolute atomic E-state index is 0.0182. The van der Waals surface area contributed by atoms with E-state index in [-0.39, 0.29) is 11.9 Å². The van der Waals surface area contributed by atoms with Gasteiger partial charge >= 0.3 is 0 Å². The van der Waals surface area contributed by atoms with Gasteiger partial charge in [-0.3, -0.25) is 9.89 Å². The van der Waals surface area contributed by atoms with Crippen molar-refractivity contribution >= 4 is 23.1 Å². The molecule has 2 aromatic heterocycles. The molecule has 1 aromatic carbocycles. The van der Waals surface area contributed by atoms with Crippen molar-refractivity contribution in [1.29, 1.82) is 0 Å². The summed E-state index contributed by atoms with van der Waals surface area (Å²) in [6.07, 6.45) is 2.19. The summed E-state index contributed by atoms with van der Waals surface area (Å²) in [6, 6.07) is 14.5. The van der Waals surface area contributed by atoms with Gasteiger partial charge in [0, 0.05) is 25.2 Å². The molecule has 5 rings (SSSR count). The molecule has 6 nitrogen and oxygen atoms in total. The third kappa shape index (κ3) is 3.80. The molecule has 2 aliphatic heterocycles.